The monoisotopic (exact) mass is 310 g/mol. The van der Waals surface area contributed by atoms with Gasteiger partial charge in [-0.1, -0.05) is 29.8 Å². The summed E-state index contributed by atoms with van der Waals surface area (Å²) in [5.41, 5.74) is 7.96. The fraction of sp³-hybridized carbons (Fsp3) is 0.263. The number of hydrazone groups is 1. The Morgan fingerprint density at radius 3 is 2.39 bits per heavy atom. The van der Waals surface area contributed by atoms with Gasteiger partial charge in [0.15, 0.2) is 0 Å². The van der Waals surface area contributed by atoms with Gasteiger partial charge in [0.2, 0.25) is 5.91 Å². The molecule has 2 rings (SSSR count). The van der Waals surface area contributed by atoms with E-state index in [9.17, 15) is 9.90 Å². The number of hydrogen-bond acceptors (Lipinski definition) is 3. The van der Waals surface area contributed by atoms with Crippen LogP contribution in [0.5, 0.6) is 5.75 Å². The smallest absolute Gasteiger partial charge is 0.244 e. The van der Waals surface area contributed by atoms with E-state index in [4.69, 9.17) is 0 Å². The van der Waals surface area contributed by atoms with Gasteiger partial charge >= 0.3 is 0 Å². The Hall–Kier alpha value is -2.62. The molecule has 23 heavy (non-hydrogen) atoms. The zero-order chi connectivity index (χ0) is 17.0. The first-order chi connectivity index (χ1) is 10.9. The molecule has 0 aliphatic heterocycles. The summed E-state index contributed by atoms with van der Waals surface area (Å²) in [6.45, 7) is 7.68. The zero-order valence-corrected chi connectivity index (χ0v) is 14.0. The number of phenolic OH excluding ortho intramolecular Hbond substituents is 1. The van der Waals surface area contributed by atoms with Gasteiger partial charge in [0.1, 0.15) is 5.75 Å². The van der Waals surface area contributed by atoms with Crippen molar-refractivity contribution in [1.82, 2.24) is 5.43 Å². The summed E-state index contributed by atoms with van der Waals surface area (Å²) in [5, 5.41) is 14.0. The Labute approximate surface area is 136 Å². The summed E-state index contributed by atoms with van der Waals surface area (Å²) in [6.07, 6.45) is 0.281. The highest BCUT2D eigenvalue weighted by Crippen LogP contribution is 2.19. The number of benzene rings is 2. The predicted octanol–water partition coefficient (Wildman–Crippen LogP) is 3.40. The lowest BCUT2D eigenvalue weighted by molar-refractivity contribution is -0.120. The van der Waals surface area contributed by atoms with E-state index >= 15 is 0 Å². The molecule has 0 unspecified atom stereocenters. The molecule has 1 amide bonds. The van der Waals surface area contributed by atoms with E-state index < -0.39 is 0 Å². The largest absolute Gasteiger partial charge is 0.507 e. The highest BCUT2D eigenvalue weighted by atomic mass is 16.3. The Balaban J connectivity index is 2.05. The van der Waals surface area contributed by atoms with Crippen LogP contribution in [0.15, 0.2) is 41.5 Å². The summed E-state index contributed by atoms with van der Waals surface area (Å²) in [6, 6.07) is 11.4. The van der Waals surface area contributed by atoms with E-state index in [1.54, 1.807) is 19.1 Å². The van der Waals surface area contributed by atoms with Crippen molar-refractivity contribution >= 4 is 11.6 Å². The number of nitrogens with zero attached hydrogens (tertiary/aromatic N) is 1. The molecule has 120 valence electrons. The van der Waals surface area contributed by atoms with Crippen molar-refractivity contribution in [2.45, 2.75) is 34.1 Å². The first kappa shape index (κ1) is 16.7. The van der Waals surface area contributed by atoms with Gasteiger partial charge in [-0.15, -0.1) is 0 Å². The standard InChI is InChI=1S/C19H22N2O2/c1-12-5-7-16(14(3)9-12)11-19(23)21-20-15(4)17-8-6-13(2)10-18(17)22/h5-10,22H,11H2,1-4H3,(H,21,23)/b20-15+. The number of hydrogen-bond donors (Lipinski definition) is 2. The van der Waals surface area contributed by atoms with Crippen LogP contribution >= 0.6 is 0 Å². The van der Waals surface area contributed by atoms with Crippen LogP contribution in [0.1, 0.15) is 34.7 Å². The molecule has 4 heteroatoms. The third-order valence-corrected chi connectivity index (χ3v) is 3.74. The number of carbonyl (C=O) groups excluding carboxylic acids is 1. The number of aromatic hydroxyl groups is 1. The van der Waals surface area contributed by atoms with Crippen molar-refractivity contribution in [2.75, 3.05) is 0 Å². The van der Waals surface area contributed by atoms with E-state index in [0.717, 1.165) is 16.7 Å². The summed E-state index contributed by atoms with van der Waals surface area (Å²) in [5.74, 6) is -0.0159. The van der Waals surface area contributed by atoms with Crippen LogP contribution in [-0.4, -0.2) is 16.7 Å². The molecule has 0 atom stereocenters. The number of amides is 1. The first-order valence-corrected chi connectivity index (χ1v) is 7.56. The molecule has 0 saturated heterocycles. The number of phenols is 1. The van der Waals surface area contributed by atoms with Crippen molar-refractivity contribution in [3.05, 3.63) is 64.2 Å². The second-order valence-electron chi connectivity index (χ2n) is 5.86. The molecule has 2 aromatic rings. The molecule has 0 bridgehead atoms. The summed E-state index contributed by atoms with van der Waals surface area (Å²) in [4.78, 5) is 12.0. The molecule has 0 aliphatic carbocycles. The van der Waals surface area contributed by atoms with Gasteiger partial charge < -0.3 is 5.11 Å². The summed E-state index contributed by atoms with van der Waals surface area (Å²) in [7, 11) is 0. The lowest BCUT2D eigenvalue weighted by atomic mass is 10.0. The average Bonchev–Trinajstić information content (AvgIpc) is 2.48. The minimum Gasteiger partial charge on any atom is -0.507 e. The number of carbonyl (C=O) groups is 1. The molecule has 0 fully saturated rings. The third-order valence-electron chi connectivity index (χ3n) is 3.74. The minimum atomic E-state index is -0.178. The lowest BCUT2D eigenvalue weighted by Crippen LogP contribution is -2.21. The molecule has 0 radical (unpaired) electrons. The van der Waals surface area contributed by atoms with Gasteiger partial charge in [-0.2, -0.15) is 5.10 Å². The molecule has 0 spiro atoms. The van der Waals surface area contributed by atoms with Crippen LogP contribution in [-0.2, 0) is 11.2 Å². The van der Waals surface area contributed by atoms with Crippen molar-refractivity contribution in [1.29, 1.82) is 0 Å². The maximum absolute atomic E-state index is 12.0. The van der Waals surface area contributed by atoms with Gasteiger partial charge in [-0.25, -0.2) is 5.43 Å². The van der Waals surface area contributed by atoms with Crippen LogP contribution < -0.4 is 5.43 Å². The van der Waals surface area contributed by atoms with E-state index in [1.165, 1.54) is 5.56 Å². The van der Waals surface area contributed by atoms with Gasteiger partial charge in [0.05, 0.1) is 12.1 Å². The first-order valence-electron chi connectivity index (χ1n) is 7.56. The fourth-order valence-corrected chi connectivity index (χ4v) is 2.41. The van der Waals surface area contributed by atoms with Crippen molar-refractivity contribution in [3.63, 3.8) is 0 Å². The Kier molecular flexibility index (Phi) is 5.16. The van der Waals surface area contributed by atoms with Crippen LogP contribution in [0.4, 0.5) is 0 Å². The van der Waals surface area contributed by atoms with Gasteiger partial charge in [-0.05, 0) is 56.5 Å². The Morgan fingerprint density at radius 2 is 1.74 bits per heavy atom. The summed E-state index contributed by atoms with van der Waals surface area (Å²) >= 11 is 0. The molecular formula is C19H22N2O2. The number of rotatable bonds is 4. The number of nitrogens with one attached hydrogen (secondary N) is 1. The maximum Gasteiger partial charge on any atom is 0.244 e. The maximum atomic E-state index is 12.0. The van der Waals surface area contributed by atoms with Crippen LogP contribution in [0.2, 0.25) is 0 Å². The van der Waals surface area contributed by atoms with E-state index in [-0.39, 0.29) is 18.1 Å². The second-order valence-corrected chi connectivity index (χ2v) is 5.86. The van der Waals surface area contributed by atoms with Gasteiger partial charge in [0, 0.05) is 5.56 Å². The van der Waals surface area contributed by atoms with Crippen LogP contribution in [0.25, 0.3) is 0 Å². The van der Waals surface area contributed by atoms with Gasteiger partial charge in [0.25, 0.3) is 0 Å². The number of aryl methyl sites for hydroxylation is 3. The highest BCUT2D eigenvalue weighted by Gasteiger charge is 2.08. The van der Waals surface area contributed by atoms with Crippen molar-refractivity contribution < 1.29 is 9.90 Å². The predicted molar refractivity (Wildman–Crippen MR) is 92.8 cm³/mol. The SMILES string of the molecule is C/C(=N\NC(=O)Cc1ccc(C)cc1C)c1ccc(C)cc1O. The van der Waals surface area contributed by atoms with Crippen LogP contribution in [0.3, 0.4) is 0 Å². The Morgan fingerprint density at radius 1 is 1.09 bits per heavy atom. The quantitative estimate of drug-likeness (QED) is 0.671. The van der Waals surface area contributed by atoms with E-state index in [2.05, 4.69) is 16.6 Å². The topological polar surface area (TPSA) is 61.7 Å². The molecule has 0 heterocycles. The molecule has 0 aliphatic rings. The molecule has 2 N–H and O–H groups in total. The molecule has 4 nitrogen and oxygen atoms in total. The minimum absolute atomic E-state index is 0.162. The summed E-state index contributed by atoms with van der Waals surface area (Å²) < 4.78 is 0. The molecule has 0 saturated carbocycles. The van der Waals surface area contributed by atoms with E-state index in [0.29, 0.717) is 11.3 Å². The molecule has 2 aromatic carbocycles. The van der Waals surface area contributed by atoms with Gasteiger partial charge in [-0.3, -0.25) is 4.79 Å². The fourth-order valence-electron chi connectivity index (χ4n) is 2.41. The van der Waals surface area contributed by atoms with E-state index in [1.807, 2.05) is 39.0 Å². The molecular weight excluding hydrogens is 288 g/mol. The Bertz CT molecular complexity index is 764. The molecule has 0 aromatic heterocycles. The average molecular weight is 310 g/mol. The second kappa shape index (κ2) is 7.09. The highest BCUT2D eigenvalue weighted by molar-refractivity contribution is 6.01. The lowest BCUT2D eigenvalue weighted by Gasteiger charge is -2.08. The normalized spacial score (nSPS) is 11.4. The third kappa shape index (κ3) is 4.42. The zero-order valence-electron chi connectivity index (χ0n) is 14.0. The van der Waals surface area contributed by atoms with Crippen molar-refractivity contribution in [2.24, 2.45) is 5.10 Å². The van der Waals surface area contributed by atoms with Crippen LogP contribution in [0, 0.1) is 20.8 Å². The van der Waals surface area contributed by atoms with Crippen molar-refractivity contribution in [3.8, 4) is 5.75 Å².